The van der Waals surface area contributed by atoms with E-state index in [1.165, 1.54) is 0 Å². The number of ether oxygens (including phenoxy) is 3. The Balaban J connectivity index is 1.43. The predicted molar refractivity (Wildman–Crippen MR) is 107 cm³/mol. The van der Waals surface area contributed by atoms with Crippen LogP contribution in [0.4, 0.5) is 0 Å². The molecule has 2 aromatic rings. The fourth-order valence-electron chi connectivity index (χ4n) is 4.16. The van der Waals surface area contributed by atoms with Crippen molar-refractivity contribution in [1.29, 1.82) is 0 Å². The minimum Gasteiger partial charge on any atom is -0.497 e. The SMILES string of the molecule is COc1ccc(C2CCCN2C(=O)COc2cccc3c2OC(C)(C)C3)cc1. The molecule has 5 heteroatoms. The van der Waals surface area contributed by atoms with Crippen molar-refractivity contribution in [3.8, 4) is 17.2 Å². The van der Waals surface area contributed by atoms with E-state index < -0.39 is 0 Å². The molecule has 0 N–H and O–H groups in total. The molecule has 0 radical (unpaired) electrons. The zero-order valence-electron chi connectivity index (χ0n) is 16.7. The summed E-state index contributed by atoms with van der Waals surface area (Å²) in [6.45, 7) is 4.90. The second kappa shape index (κ2) is 7.38. The summed E-state index contributed by atoms with van der Waals surface area (Å²) in [7, 11) is 1.66. The zero-order chi connectivity index (χ0) is 19.7. The molecule has 1 unspecified atom stereocenters. The molecule has 2 aliphatic rings. The molecule has 0 spiro atoms. The highest BCUT2D eigenvalue weighted by atomic mass is 16.5. The fourth-order valence-corrected chi connectivity index (χ4v) is 4.16. The molecule has 1 atom stereocenters. The van der Waals surface area contributed by atoms with Crippen molar-refractivity contribution in [2.45, 2.75) is 44.8 Å². The zero-order valence-corrected chi connectivity index (χ0v) is 16.7. The average Bonchev–Trinajstić information content (AvgIpc) is 3.29. The van der Waals surface area contributed by atoms with Gasteiger partial charge in [0, 0.05) is 18.5 Å². The van der Waals surface area contributed by atoms with E-state index in [1.54, 1.807) is 7.11 Å². The first-order valence-corrected chi connectivity index (χ1v) is 9.84. The molecule has 0 aliphatic carbocycles. The van der Waals surface area contributed by atoms with E-state index in [2.05, 4.69) is 19.9 Å². The van der Waals surface area contributed by atoms with Gasteiger partial charge in [0.1, 0.15) is 11.4 Å². The summed E-state index contributed by atoms with van der Waals surface area (Å²) in [4.78, 5) is 14.8. The number of fused-ring (bicyclic) bond motifs is 1. The maximum atomic E-state index is 12.9. The second-order valence-electron chi connectivity index (χ2n) is 8.09. The van der Waals surface area contributed by atoms with Gasteiger partial charge in [-0.25, -0.2) is 0 Å². The van der Waals surface area contributed by atoms with Crippen LogP contribution < -0.4 is 14.2 Å². The van der Waals surface area contributed by atoms with Crippen LogP contribution in [0.2, 0.25) is 0 Å². The second-order valence-corrected chi connectivity index (χ2v) is 8.09. The smallest absolute Gasteiger partial charge is 0.261 e. The van der Waals surface area contributed by atoms with Crippen LogP contribution in [0.5, 0.6) is 17.2 Å². The molecule has 1 amide bonds. The number of carbonyl (C=O) groups is 1. The Hall–Kier alpha value is -2.69. The minimum atomic E-state index is -0.236. The summed E-state index contributed by atoms with van der Waals surface area (Å²) in [5.74, 6) is 2.25. The quantitative estimate of drug-likeness (QED) is 0.781. The standard InChI is InChI=1S/C23H27NO4/c1-23(2)14-17-6-4-8-20(22(17)28-23)27-15-21(25)24-13-5-7-19(24)16-9-11-18(26-3)12-10-16/h4,6,8-12,19H,5,7,13-15H2,1-3H3. The number of para-hydroxylation sites is 1. The molecular formula is C23H27NO4. The van der Waals surface area contributed by atoms with Gasteiger partial charge >= 0.3 is 0 Å². The molecule has 1 saturated heterocycles. The Labute approximate surface area is 166 Å². The van der Waals surface area contributed by atoms with Gasteiger partial charge in [-0.15, -0.1) is 0 Å². The van der Waals surface area contributed by atoms with Crippen LogP contribution in [0.15, 0.2) is 42.5 Å². The van der Waals surface area contributed by atoms with Gasteiger partial charge in [-0.05, 0) is 50.5 Å². The van der Waals surface area contributed by atoms with Crippen LogP contribution in [-0.2, 0) is 11.2 Å². The summed E-state index contributed by atoms with van der Waals surface area (Å²) < 4.78 is 17.2. The van der Waals surface area contributed by atoms with Crippen LogP contribution in [0, 0.1) is 0 Å². The molecule has 2 heterocycles. The largest absolute Gasteiger partial charge is 0.497 e. The first-order valence-electron chi connectivity index (χ1n) is 9.84. The highest BCUT2D eigenvalue weighted by molar-refractivity contribution is 5.78. The molecule has 0 saturated carbocycles. The van der Waals surface area contributed by atoms with Gasteiger partial charge in [-0.2, -0.15) is 0 Å². The number of rotatable bonds is 5. The van der Waals surface area contributed by atoms with Crippen molar-refractivity contribution in [1.82, 2.24) is 4.90 Å². The van der Waals surface area contributed by atoms with Crippen LogP contribution in [0.1, 0.15) is 43.9 Å². The van der Waals surface area contributed by atoms with E-state index in [-0.39, 0.29) is 24.2 Å². The lowest BCUT2D eigenvalue weighted by Gasteiger charge is -2.25. The molecule has 0 aromatic heterocycles. The summed E-state index contributed by atoms with van der Waals surface area (Å²) in [5, 5.41) is 0. The van der Waals surface area contributed by atoms with Crippen molar-refractivity contribution in [2.75, 3.05) is 20.3 Å². The summed E-state index contributed by atoms with van der Waals surface area (Å²) >= 11 is 0. The van der Waals surface area contributed by atoms with E-state index >= 15 is 0 Å². The van der Waals surface area contributed by atoms with E-state index in [0.29, 0.717) is 5.75 Å². The lowest BCUT2D eigenvalue weighted by atomic mass is 10.0. The fraction of sp³-hybridized carbons (Fsp3) is 0.435. The van der Waals surface area contributed by atoms with Gasteiger partial charge in [0.15, 0.2) is 18.1 Å². The Morgan fingerprint density at radius 3 is 2.75 bits per heavy atom. The van der Waals surface area contributed by atoms with Crippen molar-refractivity contribution >= 4 is 5.91 Å². The third-order valence-corrected chi connectivity index (χ3v) is 5.48. The number of likely N-dealkylation sites (tertiary alicyclic amines) is 1. The lowest BCUT2D eigenvalue weighted by molar-refractivity contribution is -0.134. The predicted octanol–water partition coefficient (Wildman–Crippen LogP) is 4.15. The number of hydrogen-bond donors (Lipinski definition) is 0. The van der Waals surface area contributed by atoms with Gasteiger partial charge in [-0.3, -0.25) is 4.79 Å². The number of benzene rings is 2. The summed E-state index contributed by atoms with van der Waals surface area (Å²) in [6, 6.07) is 13.9. The lowest BCUT2D eigenvalue weighted by Crippen LogP contribution is -2.34. The molecule has 2 aliphatic heterocycles. The van der Waals surface area contributed by atoms with Crippen LogP contribution >= 0.6 is 0 Å². The number of methoxy groups -OCH3 is 1. The topological polar surface area (TPSA) is 48.0 Å². The van der Waals surface area contributed by atoms with Gasteiger partial charge in [0.2, 0.25) is 0 Å². The van der Waals surface area contributed by atoms with E-state index in [4.69, 9.17) is 14.2 Å². The van der Waals surface area contributed by atoms with Gasteiger partial charge in [-0.1, -0.05) is 24.3 Å². The molecule has 4 rings (SSSR count). The molecular weight excluding hydrogens is 354 g/mol. The molecule has 28 heavy (non-hydrogen) atoms. The highest BCUT2D eigenvalue weighted by Gasteiger charge is 2.33. The molecule has 0 bridgehead atoms. The molecule has 2 aromatic carbocycles. The first kappa shape index (κ1) is 18.7. The van der Waals surface area contributed by atoms with Crippen LogP contribution in [0.3, 0.4) is 0 Å². The molecule has 5 nitrogen and oxygen atoms in total. The highest BCUT2D eigenvalue weighted by Crippen LogP contribution is 2.42. The van der Waals surface area contributed by atoms with E-state index in [9.17, 15) is 4.79 Å². The normalized spacial score (nSPS) is 19.8. The van der Waals surface area contributed by atoms with Crippen molar-refractivity contribution in [2.24, 2.45) is 0 Å². The third-order valence-electron chi connectivity index (χ3n) is 5.48. The molecule has 148 valence electrons. The van der Waals surface area contributed by atoms with Crippen LogP contribution in [0.25, 0.3) is 0 Å². The van der Waals surface area contributed by atoms with Crippen molar-refractivity contribution in [3.05, 3.63) is 53.6 Å². The average molecular weight is 381 g/mol. The van der Waals surface area contributed by atoms with E-state index in [1.807, 2.05) is 41.3 Å². The van der Waals surface area contributed by atoms with Gasteiger partial charge in [0.25, 0.3) is 5.91 Å². The van der Waals surface area contributed by atoms with Crippen LogP contribution in [-0.4, -0.2) is 36.7 Å². The summed E-state index contributed by atoms with van der Waals surface area (Å²) in [5.41, 5.74) is 2.03. The third kappa shape index (κ3) is 3.66. The number of nitrogens with zero attached hydrogens (tertiary/aromatic N) is 1. The Morgan fingerprint density at radius 2 is 2.00 bits per heavy atom. The van der Waals surface area contributed by atoms with Crippen molar-refractivity contribution < 1.29 is 19.0 Å². The van der Waals surface area contributed by atoms with Crippen molar-refractivity contribution in [3.63, 3.8) is 0 Å². The monoisotopic (exact) mass is 381 g/mol. The number of amides is 1. The Bertz CT molecular complexity index is 859. The number of hydrogen-bond acceptors (Lipinski definition) is 4. The molecule has 1 fully saturated rings. The van der Waals surface area contributed by atoms with E-state index in [0.717, 1.165) is 48.4 Å². The summed E-state index contributed by atoms with van der Waals surface area (Å²) in [6.07, 6.45) is 2.82. The first-order chi connectivity index (χ1) is 13.5. The van der Waals surface area contributed by atoms with Gasteiger partial charge < -0.3 is 19.1 Å². The Morgan fingerprint density at radius 1 is 1.21 bits per heavy atom. The number of carbonyl (C=O) groups excluding carboxylic acids is 1. The van der Waals surface area contributed by atoms with Gasteiger partial charge in [0.05, 0.1) is 13.2 Å². The maximum Gasteiger partial charge on any atom is 0.261 e. The minimum absolute atomic E-state index is 0.00757. The Kier molecular flexibility index (Phi) is 4.92. The maximum absolute atomic E-state index is 12.9.